The number of Topliss-reactive ketones (excluding diaryl/α,β-unsaturated/α-hetero) is 4. The highest BCUT2D eigenvalue weighted by atomic mass is 35.5. The molecule has 8 aromatic heterocycles. The van der Waals surface area contributed by atoms with Crippen molar-refractivity contribution in [1.29, 1.82) is 0 Å². The van der Waals surface area contributed by atoms with Gasteiger partial charge in [0, 0.05) is 193 Å². The SMILES string of the molecule is CC(=O)c1cn(CCCN2CCC(Oc3cccc(Cl)c3)CC2)c2c(Cl)cccc12.CC(=O)c1cn(CCCN2CCC(c3nc(-c4cccnc4)no3)CC2)c2c(Cl)cccc12.CC(=O)c1cn(CCCN2CCC(c3nc(-c4ccncc4)no3)CC2)c2c(Cl)cccc12.CC(=O)c1cn(CCCN2CCN(CCOc3ccccc3)CC2)c2c(Cl)cccc12. The molecule has 12 heterocycles. The zero-order valence-corrected chi connectivity index (χ0v) is 76.1. The van der Waals surface area contributed by atoms with E-state index in [0.29, 0.717) is 48.6 Å². The fourth-order valence-electron chi connectivity index (χ4n) is 17.8. The molecular weight excluding hydrogens is 1700 g/mol. The number of rotatable bonds is 30. The molecule has 0 atom stereocenters. The molecule has 6 aromatic carbocycles. The molecule has 14 aromatic rings. The van der Waals surface area contributed by atoms with E-state index in [0.717, 1.165) is 295 Å². The Bertz CT molecular complexity index is 5820. The first kappa shape index (κ1) is 91.3. The van der Waals surface area contributed by atoms with Gasteiger partial charge in [-0.15, -0.1) is 0 Å². The lowest BCUT2D eigenvalue weighted by Crippen LogP contribution is -2.47. The van der Waals surface area contributed by atoms with E-state index in [2.05, 4.69) is 73.0 Å². The van der Waals surface area contributed by atoms with E-state index in [1.165, 1.54) is 0 Å². The number of pyridine rings is 2. The highest BCUT2D eigenvalue weighted by molar-refractivity contribution is 6.37. The third kappa shape index (κ3) is 23.6. The van der Waals surface area contributed by atoms with E-state index >= 15 is 0 Å². The Labute approximate surface area is 765 Å². The summed E-state index contributed by atoms with van der Waals surface area (Å²) in [7, 11) is 0. The molecule has 0 spiro atoms. The zero-order valence-electron chi connectivity index (χ0n) is 72.4. The van der Waals surface area contributed by atoms with E-state index in [-0.39, 0.29) is 29.2 Å². The second kappa shape index (κ2) is 44.1. The number of benzene rings is 6. The summed E-state index contributed by atoms with van der Waals surface area (Å²) < 4.78 is 31.5. The number of nitrogens with zero attached hydrogens (tertiary/aromatic N) is 15. The van der Waals surface area contributed by atoms with E-state index in [1.54, 1.807) is 52.5 Å². The maximum absolute atomic E-state index is 12.1. The van der Waals surface area contributed by atoms with Crippen LogP contribution in [0.3, 0.4) is 0 Å². The fraction of sp³-hybridized carbons (Fsp3) is 0.374. The summed E-state index contributed by atoms with van der Waals surface area (Å²) >= 11 is 31.8. The Morgan fingerprint density at radius 1 is 0.370 bits per heavy atom. The number of aromatic nitrogens is 10. The maximum Gasteiger partial charge on any atom is 0.230 e. The average molecular weight is 1810 g/mol. The third-order valence-electron chi connectivity index (χ3n) is 24.5. The Balaban J connectivity index is 0.000000131. The molecule has 28 heteroatoms. The number of aryl methyl sites for hydroxylation is 4. The molecule has 4 aliphatic rings. The number of ether oxygens (including phenoxy) is 2. The first-order valence-electron chi connectivity index (χ1n) is 44.2. The van der Waals surface area contributed by atoms with Gasteiger partial charge in [0.15, 0.2) is 23.1 Å². The lowest BCUT2D eigenvalue weighted by molar-refractivity contribution is 0.0992. The number of carbonyl (C=O) groups is 4. The molecule has 0 radical (unpaired) electrons. The van der Waals surface area contributed by atoms with Crippen LogP contribution in [0.1, 0.15) is 157 Å². The van der Waals surface area contributed by atoms with Gasteiger partial charge in [-0.05, 0) is 223 Å². The van der Waals surface area contributed by atoms with Crippen LogP contribution in [0.4, 0.5) is 0 Å². The van der Waals surface area contributed by atoms with Crippen LogP contribution in [-0.2, 0) is 26.2 Å². The second-order valence-electron chi connectivity index (χ2n) is 33.2. The summed E-state index contributed by atoms with van der Waals surface area (Å²) in [6.45, 7) is 25.9. The van der Waals surface area contributed by atoms with Crippen LogP contribution < -0.4 is 9.47 Å². The highest BCUT2D eigenvalue weighted by Gasteiger charge is 2.30. The number of hydrogen-bond donors (Lipinski definition) is 0. The molecule has 0 amide bonds. The van der Waals surface area contributed by atoms with Gasteiger partial charge in [0.1, 0.15) is 24.2 Å². The smallest absolute Gasteiger partial charge is 0.230 e. The molecular formula is C99H108Cl5N15O8. The van der Waals surface area contributed by atoms with Gasteiger partial charge in [-0.25, -0.2) is 0 Å². The molecule has 0 N–H and O–H groups in total. The monoisotopic (exact) mass is 1810 g/mol. The van der Waals surface area contributed by atoms with Crippen molar-refractivity contribution in [2.45, 2.75) is 136 Å². The van der Waals surface area contributed by atoms with Crippen LogP contribution in [0.25, 0.3) is 66.4 Å². The number of ketones is 4. The van der Waals surface area contributed by atoms with Gasteiger partial charge in [0.05, 0.1) is 42.2 Å². The van der Waals surface area contributed by atoms with E-state index in [1.807, 2.05) is 176 Å². The quantitative estimate of drug-likeness (QED) is 0.0381. The fourth-order valence-corrected chi connectivity index (χ4v) is 19.1. The number of likely N-dealkylation sites (tertiary alicyclic amines) is 3. The first-order chi connectivity index (χ1) is 61.8. The van der Waals surface area contributed by atoms with Crippen LogP contribution in [0.5, 0.6) is 11.5 Å². The second-order valence-corrected chi connectivity index (χ2v) is 35.3. The minimum absolute atomic E-state index is 0.0656. The van der Waals surface area contributed by atoms with Crippen LogP contribution in [0.15, 0.2) is 210 Å². The predicted octanol–water partition coefficient (Wildman–Crippen LogP) is 21.1. The lowest BCUT2D eigenvalue weighted by Gasteiger charge is -2.34. The van der Waals surface area contributed by atoms with Gasteiger partial charge in [0.25, 0.3) is 0 Å². The maximum atomic E-state index is 12.1. The van der Waals surface area contributed by atoms with Crippen molar-refractivity contribution in [1.82, 2.24) is 73.0 Å². The summed E-state index contributed by atoms with van der Waals surface area (Å²) in [6.07, 6.45) is 25.0. The van der Waals surface area contributed by atoms with Crippen molar-refractivity contribution in [2.75, 3.05) is 105 Å². The summed E-state index contributed by atoms with van der Waals surface area (Å²) in [6, 6.07) is 48.2. The number of fused-ring (bicyclic) bond motifs is 4. The average Bonchev–Trinajstić information content (AvgIpc) is 1.64. The standard InChI is InChI=1S/2C25H26ClN5O2.C25H30ClN3O2.C24H26Cl2N2O2/c1-17(32)21-16-31(23-20(21)6-2-7-22(23)26)12-4-11-30-13-8-18(9-14-30)25-28-24(29-33-25)19-5-3-10-27-15-19;1-17(32)21-16-31(23-20(21)4-2-5-22(23)26)13-3-12-30-14-8-19(9-15-30)25-28-24(29-33-25)18-6-10-27-11-7-18;1-20(30)23-19-29(25-22(23)9-5-10-24(25)26)12-6-11-27-13-15-28(16-14-27)17-18-31-21-7-3-2-4-8-21;1-17(29)22-16-28(24-21(22)7-3-8-23(24)26)12-4-11-27-13-9-19(10-14-27)30-20-6-2-5-18(25)15-20/h2-3,5-7,10,15-16,18H,4,8-9,11-14H2,1H3;2,4-7,10-11,16,19H,3,8-9,12-15H2,1H3;2-5,7-10,19H,6,11-18H2,1H3;2-3,5-8,15-16,19H,4,9-14H2,1H3. The molecule has 0 unspecified atom stereocenters. The van der Waals surface area contributed by atoms with Crippen LogP contribution >= 0.6 is 58.0 Å². The number of para-hydroxylation sites is 5. The molecule has 4 saturated heterocycles. The van der Waals surface area contributed by atoms with Gasteiger partial charge < -0.3 is 56.4 Å². The zero-order chi connectivity index (χ0) is 88.3. The van der Waals surface area contributed by atoms with Crippen molar-refractivity contribution < 1.29 is 37.7 Å². The van der Waals surface area contributed by atoms with Crippen molar-refractivity contribution in [3.8, 4) is 34.3 Å². The molecule has 23 nitrogen and oxygen atoms in total. The minimum Gasteiger partial charge on any atom is -0.492 e. The number of piperazine rings is 1. The number of halogens is 5. The van der Waals surface area contributed by atoms with Crippen molar-refractivity contribution >= 4 is 125 Å². The summed E-state index contributed by atoms with van der Waals surface area (Å²) in [5, 5.41) is 15.5. The van der Waals surface area contributed by atoms with Gasteiger partial charge in [-0.2, -0.15) is 9.97 Å². The van der Waals surface area contributed by atoms with E-state index in [4.69, 9.17) is 76.5 Å². The molecule has 0 bridgehead atoms. The summed E-state index contributed by atoms with van der Waals surface area (Å²) in [4.78, 5) is 77.9. The third-order valence-corrected chi connectivity index (χ3v) is 26.0. The first-order valence-corrected chi connectivity index (χ1v) is 46.0. The topological polar surface area (TPSA) is 226 Å². The molecule has 4 fully saturated rings. The van der Waals surface area contributed by atoms with Gasteiger partial charge >= 0.3 is 0 Å². The largest absolute Gasteiger partial charge is 0.492 e. The van der Waals surface area contributed by atoms with E-state index in [9.17, 15) is 19.2 Å². The van der Waals surface area contributed by atoms with Gasteiger partial charge in [-0.3, -0.25) is 34.0 Å². The molecule has 4 aliphatic heterocycles. The number of carbonyl (C=O) groups excluding carboxylic acids is 4. The molecule has 662 valence electrons. The highest BCUT2D eigenvalue weighted by Crippen LogP contribution is 2.37. The lowest BCUT2D eigenvalue weighted by atomic mass is 9.96. The van der Waals surface area contributed by atoms with E-state index < -0.39 is 0 Å². The minimum atomic E-state index is 0.0656. The Hall–Kier alpha value is -10.4. The summed E-state index contributed by atoms with van der Waals surface area (Å²) in [5.74, 6) is 5.34. The van der Waals surface area contributed by atoms with Gasteiger partial charge in [0.2, 0.25) is 23.4 Å². The molecule has 127 heavy (non-hydrogen) atoms. The van der Waals surface area contributed by atoms with Crippen molar-refractivity contribution in [2.24, 2.45) is 0 Å². The molecule has 18 rings (SSSR count). The Morgan fingerprint density at radius 2 is 0.740 bits per heavy atom. The number of hydrogen-bond acceptors (Lipinski definition) is 19. The van der Waals surface area contributed by atoms with Gasteiger partial charge in [-0.1, -0.05) is 141 Å². The normalized spacial score (nSPS) is 15.4. The van der Waals surface area contributed by atoms with Crippen molar-refractivity contribution in [3.63, 3.8) is 0 Å². The summed E-state index contributed by atoms with van der Waals surface area (Å²) in [5.41, 5.74) is 8.58. The Kier molecular flexibility index (Phi) is 31.7. The predicted molar refractivity (Wildman–Crippen MR) is 505 cm³/mol. The van der Waals surface area contributed by atoms with Crippen molar-refractivity contribution in [3.05, 3.63) is 260 Å². The number of piperidine rings is 3. The molecule has 0 saturated carbocycles. The van der Waals surface area contributed by atoms with Crippen LogP contribution in [0.2, 0.25) is 25.1 Å². The molecule has 0 aliphatic carbocycles. The van der Waals surface area contributed by atoms with Crippen LogP contribution in [0, 0.1) is 0 Å². The van der Waals surface area contributed by atoms with Crippen LogP contribution in [-0.4, -0.2) is 207 Å². The Morgan fingerprint density at radius 3 is 1.13 bits per heavy atom.